The molecule has 0 spiro atoms. The SMILES string of the molecule is COC(=O)C(C)P(=O)(C(C)C(=O)OC)C(C)(C)C. The predicted molar refractivity (Wildman–Crippen MR) is 70.3 cm³/mol. The van der Waals surface area contributed by atoms with Crippen LogP contribution < -0.4 is 0 Å². The summed E-state index contributed by atoms with van der Waals surface area (Å²) < 4.78 is 22.5. The van der Waals surface area contributed by atoms with E-state index in [1.54, 1.807) is 20.8 Å². The van der Waals surface area contributed by atoms with Gasteiger partial charge in [-0.2, -0.15) is 0 Å². The first-order valence-electron chi connectivity index (χ1n) is 5.79. The zero-order chi connectivity index (χ0) is 14.7. The molecular weight excluding hydrogens is 255 g/mol. The number of carbonyl (C=O) groups is 2. The summed E-state index contributed by atoms with van der Waals surface area (Å²) in [7, 11) is -0.690. The van der Waals surface area contributed by atoms with E-state index in [4.69, 9.17) is 0 Å². The highest BCUT2D eigenvalue weighted by molar-refractivity contribution is 7.68. The molecule has 0 aliphatic heterocycles. The zero-order valence-electron chi connectivity index (χ0n) is 12.1. The predicted octanol–water partition coefficient (Wildman–Crippen LogP) is 2.27. The number of carbonyl (C=O) groups excluding carboxylic acids is 2. The molecule has 2 unspecified atom stereocenters. The lowest BCUT2D eigenvalue weighted by molar-refractivity contribution is -0.140. The molecule has 0 aliphatic rings. The number of rotatable bonds is 4. The molecule has 6 heteroatoms. The minimum absolute atomic E-state index is 0.566. The highest BCUT2D eigenvalue weighted by atomic mass is 31.2. The zero-order valence-corrected chi connectivity index (χ0v) is 13.0. The third kappa shape index (κ3) is 2.94. The molecule has 0 aromatic heterocycles. The van der Waals surface area contributed by atoms with Gasteiger partial charge in [0.1, 0.15) is 18.5 Å². The summed E-state index contributed by atoms with van der Waals surface area (Å²) in [6.07, 6.45) is 0. The van der Waals surface area contributed by atoms with Crippen molar-refractivity contribution in [2.75, 3.05) is 14.2 Å². The first-order valence-corrected chi connectivity index (χ1v) is 7.63. The maximum atomic E-state index is 13.2. The van der Waals surface area contributed by atoms with Gasteiger partial charge in [-0.05, 0) is 13.8 Å². The van der Waals surface area contributed by atoms with Crippen LogP contribution in [0.5, 0.6) is 0 Å². The van der Waals surface area contributed by atoms with Crippen LogP contribution in [0, 0.1) is 0 Å². The lowest BCUT2D eigenvalue weighted by atomic mass is 10.3. The van der Waals surface area contributed by atoms with E-state index in [-0.39, 0.29) is 0 Å². The molecule has 0 amide bonds. The van der Waals surface area contributed by atoms with Gasteiger partial charge in [-0.1, -0.05) is 20.8 Å². The fourth-order valence-electron chi connectivity index (χ4n) is 2.15. The third-order valence-electron chi connectivity index (χ3n) is 3.28. The van der Waals surface area contributed by atoms with Crippen LogP contribution in [0.15, 0.2) is 0 Å². The van der Waals surface area contributed by atoms with Crippen LogP contribution in [0.1, 0.15) is 34.6 Å². The molecule has 0 saturated heterocycles. The van der Waals surface area contributed by atoms with Crippen LogP contribution in [0.4, 0.5) is 0 Å². The molecule has 0 N–H and O–H groups in total. The van der Waals surface area contributed by atoms with Crippen molar-refractivity contribution in [3.63, 3.8) is 0 Å². The lowest BCUT2D eigenvalue weighted by Gasteiger charge is -2.37. The first-order chi connectivity index (χ1) is 8.03. The van der Waals surface area contributed by atoms with Gasteiger partial charge in [0.05, 0.1) is 14.2 Å². The van der Waals surface area contributed by atoms with E-state index in [0.717, 1.165) is 0 Å². The second kappa shape index (κ2) is 5.87. The van der Waals surface area contributed by atoms with Gasteiger partial charge in [-0.15, -0.1) is 0 Å². The van der Waals surface area contributed by atoms with E-state index in [1.165, 1.54) is 28.1 Å². The summed E-state index contributed by atoms with van der Waals surface area (Å²) in [6, 6.07) is 0. The molecule has 2 atom stereocenters. The summed E-state index contributed by atoms with van der Waals surface area (Å²) in [5.74, 6) is -1.13. The second-order valence-electron chi connectivity index (χ2n) is 5.28. The quantitative estimate of drug-likeness (QED) is 0.583. The van der Waals surface area contributed by atoms with Gasteiger partial charge in [0.2, 0.25) is 0 Å². The van der Waals surface area contributed by atoms with E-state index in [2.05, 4.69) is 9.47 Å². The van der Waals surface area contributed by atoms with E-state index < -0.39 is 35.6 Å². The van der Waals surface area contributed by atoms with Crippen LogP contribution in [0.25, 0.3) is 0 Å². The summed E-state index contributed by atoms with van der Waals surface area (Å²) in [5.41, 5.74) is -1.67. The minimum atomic E-state index is -3.18. The topological polar surface area (TPSA) is 69.7 Å². The Bertz CT molecular complexity index is 343. The molecule has 0 bridgehead atoms. The van der Waals surface area contributed by atoms with Gasteiger partial charge in [0, 0.05) is 5.16 Å². The van der Waals surface area contributed by atoms with Crippen LogP contribution in [0.3, 0.4) is 0 Å². The summed E-state index contributed by atoms with van der Waals surface area (Å²) in [4.78, 5) is 23.3. The van der Waals surface area contributed by atoms with Crippen molar-refractivity contribution in [3.8, 4) is 0 Å². The third-order valence-corrected chi connectivity index (χ3v) is 8.10. The minimum Gasteiger partial charge on any atom is -0.468 e. The van der Waals surface area contributed by atoms with Crippen molar-refractivity contribution in [1.29, 1.82) is 0 Å². The Hall–Kier alpha value is -0.830. The summed E-state index contributed by atoms with van der Waals surface area (Å²) in [6.45, 7) is 8.35. The van der Waals surface area contributed by atoms with Gasteiger partial charge in [0.15, 0.2) is 0 Å². The lowest BCUT2D eigenvalue weighted by Crippen LogP contribution is -2.37. The molecule has 0 heterocycles. The highest BCUT2D eigenvalue weighted by Crippen LogP contribution is 2.65. The number of hydrogen-bond donors (Lipinski definition) is 0. The Morgan fingerprint density at radius 2 is 1.22 bits per heavy atom. The molecule has 18 heavy (non-hydrogen) atoms. The average Bonchev–Trinajstić information content (AvgIpc) is 2.32. The smallest absolute Gasteiger partial charge is 0.315 e. The van der Waals surface area contributed by atoms with Crippen molar-refractivity contribution in [2.45, 2.75) is 51.1 Å². The van der Waals surface area contributed by atoms with E-state index in [1.807, 2.05) is 0 Å². The summed E-state index contributed by atoms with van der Waals surface area (Å²) in [5, 5.41) is -0.686. The van der Waals surface area contributed by atoms with Gasteiger partial charge in [0.25, 0.3) is 0 Å². The van der Waals surface area contributed by atoms with E-state index in [9.17, 15) is 14.2 Å². The fourth-order valence-corrected chi connectivity index (χ4v) is 5.98. The normalized spacial score (nSPS) is 18.4. The van der Waals surface area contributed by atoms with Gasteiger partial charge in [-0.3, -0.25) is 9.59 Å². The van der Waals surface area contributed by atoms with Crippen LogP contribution in [0.2, 0.25) is 0 Å². The molecule has 0 saturated carbocycles. The molecule has 0 rings (SSSR count). The maximum absolute atomic E-state index is 13.2. The molecular formula is C12H23O5P. The highest BCUT2D eigenvalue weighted by Gasteiger charge is 2.51. The monoisotopic (exact) mass is 278 g/mol. The van der Waals surface area contributed by atoms with E-state index in [0.29, 0.717) is 0 Å². The van der Waals surface area contributed by atoms with Crippen molar-refractivity contribution in [1.82, 2.24) is 0 Å². The largest absolute Gasteiger partial charge is 0.468 e. The Labute approximate surface area is 109 Å². The summed E-state index contributed by atoms with van der Waals surface area (Å²) >= 11 is 0. The molecule has 0 radical (unpaired) electrons. The number of esters is 2. The Kier molecular flexibility index (Phi) is 5.60. The number of ether oxygens (including phenoxy) is 2. The van der Waals surface area contributed by atoms with Crippen molar-refractivity contribution in [2.24, 2.45) is 0 Å². The average molecular weight is 278 g/mol. The molecule has 5 nitrogen and oxygen atoms in total. The van der Waals surface area contributed by atoms with E-state index >= 15 is 0 Å². The van der Waals surface area contributed by atoms with Crippen LogP contribution in [-0.4, -0.2) is 42.6 Å². The second-order valence-corrected chi connectivity index (χ2v) is 9.59. The van der Waals surface area contributed by atoms with Crippen molar-refractivity contribution < 1.29 is 23.6 Å². The standard InChI is InChI=1S/C12H23O5P/c1-8(10(13)16-6)18(15,12(3,4)5)9(2)11(14)17-7/h8-9H,1-7H3. The van der Waals surface area contributed by atoms with Crippen LogP contribution >= 0.6 is 7.14 Å². The Morgan fingerprint density at radius 1 is 0.944 bits per heavy atom. The molecule has 0 fully saturated rings. The molecule has 106 valence electrons. The fraction of sp³-hybridized carbons (Fsp3) is 0.833. The maximum Gasteiger partial charge on any atom is 0.315 e. The number of methoxy groups -OCH3 is 2. The van der Waals surface area contributed by atoms with Crippen LogP contribution in [-0.2, 0) is 23.6 Å². The molecule has 0 aromatic carbocycles. The van der Waals surface area contributed by atoms with Gasteiger partial charge < -0.3 is 14.0 Å². The molecule has 0 aromatic rings. The Morgan fingerprint density at radius 3 is 1.39 bits per heavy atom. The molecule has 0 aliphatic carbocycles. The van der Waals surface area contributed by atoms with Gasteiger partial charge >= 0.3 is 11.9 Å². The van der Waals surface area contributed by atoms with Crippen molar-refractivity contribution >= 4 is 19.1 Å². The van der Waals surface area contributed by atoms with Crippen molar-refractivity contribution in [3.05, 3.63) is 0 Å². The Balaban J connectivity index is 5.68. The number of hydrogen-bond acceptors (Lipinski definition) is 5. The van der Waals surface area contributed by atoms with Gasteiger partial charge in [-0.25, -0.2) is 0 Å². The first kappa shape index (κ1) is 17.2.